The number of hydrogen-bond acceptors (Lipinski definition) is 3. The standard InChI is InChI=1S/C17H17N3OS2/c1-11-14(16(21)18-10-12-6-3-2-4-7-12)15(20-17(22)19-11)13-8-5-9-23-13/h2-9,15H,10H2,1H3,(H,18,21)(H2,19,20,22)/t15-/m0/s1. The highest BCUT2D eigenvalue weighted by atomic mass is 32.1. The molecule has 0 bridgehead atoms. The van der Waals surface area contributed by atoms with Crippen LogP contribution in [0.5, 0.6) is 0 Å². The van der Waals surface area contributed by atoms with Gasteiger partial charge in [-0.1, -0.05) is 36.4 Å². The van der Waals surface area contributed by atoms with Crippen LogP contribution in [0.25, 0.3) is 0 Å². The Morgan fingerprint density at radius 3 is 2.74 bits per heavy atom. The molecule has 0 fully saturated rings. The van der Waals surface area contributed by atoms with Gasteiger partial charge in [0.2, 0.25) is 0 Å². The van der Waals surface area contributed by atoms with E-state index in [-0.39, 0.29) is 11.9 Å². The quantitative estimate of drug-likeness (QED) is 0.747. The van der Waals surface area contributed by atoms with Crippen molar-refractivity contribution in [3.8, 4) is 0 Å². The lowest BCUT2D eigenvalue weighted by Crippen LogP contribution is -2.46. The maximum atomic E-state index is 12.7. The Labute approximate surface area is 144 Å². The van der Waals surface area contributed by atoms with Crippen molar-refractivity contribution in [3.05, 3.63) is 69.6 Å². The van der Waals surface area contributed by atoms with Crippen molar-refractivity contribution in [3.63, 3.8) is 0 Å². The molecule has 4 nitrogen and oxygen atoms in total. The summed E-state index contributed by atoms with van der Waals surface area (Å²) < 4.78 is 0. The van der Waals surface area contributed by atoms with Crippen molar-refractivity contribution in [2.75, 3.05) is 0 Å². The van der Waals surface area contributed by atoms with Crippen molar-refractivity contribution in [2.24, 2.45) is 0 Å². The van der Waals surface area contributed by atoms with E-state index in [0.29, 0.717) is 17.2 Å². The van der Waals surface area contributed by atoms with E-state index in [4.69, 9.17) is 12.2 Å². The van der Waals surface area contributed by atoms with E-state index in [2.05, 4.69) is 16.0 Å². The Morgan fingerprint density at radius 1 is 1.26 bits per heavy atom. The smallest absolute Gasteiger partial charge is 0.251 e. The normalized spacial score (nSPS) is 17.4. The minimum absolute atomic E-state index is 0.0905. The predicted molar refractivity (Wildman–Crippen MR) is 96.9 cm³/mol. The minimum atomic E-state index is -0.209. The summed E-state index contributed by atoms with van der Waals surface area (Å²) in [6.45, 7) is 2.38. The molecular weight excluding hydrogens is 326 g/mol. The molecule has 1 aliphatic heterocycles. The number of nitrogens with one attached hydrogen (secondary N) is 3. The van der Waals surface area contributed by atoms with Gasteiger partial charge in [-0.15, -0.1) is 11.3 Å². The molecule has 0 saturated heterocycles. The van der Waals surface area contributed by atoms with E-state index in [0.717, 1.165) is 16.1 Å². The Hall–Kier alpha value is -2.18. The van der Waals surface area contributed by atoms with Crippen LogP contribution in [-0.2, 0) is 11.3 Å². The van der Waals surface area contributed by atoms with Gasteiger partial charge in [-0.05, 0) is 36.2 Å². The van der Waals surface area contributed by atoms with Gasteiger partial charge in [-0.2, -0.15) is 0 Å². The molecule has 0 unspecified atom stereocenters. The summed E-state index contributed by atoms with van der Waals surface area (Å²) in [4.78, 5) is 13.8. The average molecular weight is 343 g/mol. The lowest BCUT2D eigenvalue weighted by Gasteiger charge is -2.29. The molecule has 0 spiro atoms. The third kappa shape index (κ3) is 3.60. The Bertz CT molecular complexity index is 738. The van der Waals surface area contributed by atoms with Gasteiger partial charge < -0.3 is 16.0 Å². The molecule has 0 radical (unpaired) electrons. The molecular formula is C17H17N3OS2. The molecule has 1 aliphatic rings. The van der Waals surface area contributed by atoms with E-state index in [1.807, 2.05) is 54.8 Å². The monoisotopic (exact) mass is 343 g/mol. The largest absolute Gasteiger partial charge is 0.350 e. The van der Waals surface area contributed by atoms with E-state index in [1.165, 1.54) is 0 Å². The van der Waals surface area contributed by atoms with Crippen molar-refractivity contribution >= 4 is 34.6 Å². The first-order valence-electron chi connectivity index (χ1n) is 7.29. The number of amides is 1. The van der Waals surface area contributed by atoms with E-state index in [1.54, 1.807) is 11.3 Å². The first-order valence-corrected chi connectivity index (χ1v) is 8.58. The highest BCUT2D eigenvalue weighted by Gasteiger charge is 2.30. The van der Waals surface area contributed by atoms with Crippen molar-refractivity contribution < 1.29 is 4.79 Å². The number of thiophene rings is 1. The van der Waals surface area contributed by atoms with Crippen LogP contribution >= 0.6 is 23.6 Å². The maximum Gasteiger partial charge on any atom is 0.251 e. The molecule has 2 aromatic rings. The lowest BCUT2D eigenvalue weighted by atomic mass is 10.0. The van der Waals surface area contributed by atoms with E-state index >= 15 is 0 Å². The van der Waals surface area contributed by atoms with E-state index < -0.39 is 0 Å². The minimum Gasteiger partial charge on any atom is -0.350 e. The van der Waals surface area contributed by atoms with Crippen LogP contribution < -0.4 is 16.0 Å². The average Bonchev–Trinajstić information content (AvgIpc) is 3.07. The van der Waals surface area contributed by atoms with Gasteiger partial charge in [-0.3, -0.25) is 4.79 Å². The maximum absolute atomic E-state index is 12.7. The molecule has 23 heavy (non-hydrogen) atoms. The van der Waals surface area contributed by atoms with Crippen LogP contribution in [0, 0.1) is 0 Å². The summed E-state index contributed by atoms with van der Waals surface area (Å²) in [5.41, 5.74) is 2.54. The fraction of sp³-hybridized carbons (Fsp3) is 0.176. The first kappa shape index (κ1) is 15.7. The van der Waals surface area contributed by atoms with Crippen molar-refractivity contribution in [2.45, 2.75) is 19.5 Å². The Balaban J connectivity index is 1.81. The van der Waals surface area contributed by atoms with Gasteiger partial charge in [0.05, 0.1) is 11.6 Å². The molecule has 0 saturated carbocycles. The second-order valence-corrected chi connectivity index (χ2v) is 6.64. The van der Waals surface area contributed by atoms with Gasteiger partial charge in [0, 0.05) is 17.1 Å². The first-order chi connectivity index (χ1) is 11.1. The molecule has 3 rings (SSSR count). The summed E-state index contributed by atoms with van der Waals surface area (Å²) in [6, 6.07) is 13.6. The van der Waals surface area contributed by atoms with Crippen LogP contribution in [-0.4, -0.2) is 11.0 Å². The topological polar surface area (TPSA) is 53.2 Å². The summed E-state index contributed by atoms with van der Waals surface area (Å²) in [5, 5.41) is 11.8. The third-order valence-corrected chi connectivity index (χ3v) is 4.79. The van der Waals surface area contributed by atoms with Gasteiger partial charge in [0.15, 0.2) is 5.11 Å². The number of rotatable bonds is 4. The molecule has 118 valence electrons. The Morgan fingerprint density at radius 2 is 2.04 bits per heavy atom. The van der Waals surface area contributed by atoms with Crippen LogP contribution in [0.4, 0.5) is 0 Å². The number of thiocarbonyl (C=S) groups is 1. The molecule has 0 aliphatic carbocycles. The SMILES string of the molecule is CC1=C(C(=O)NCc2ccccc2)[C@H](c2cccs2)NC(=S)N1. The van der Waals surface area contributed by atoms with E-state index in [9.17, 15) is 4.79 Å². The number of benzene rings is 1. The molecule has 1 atom stereocenters. The molecule has 6 heteroatoms. The van der Waals surface area contributed by atoms with Crippen LogP contribution in [0.3, 0.4) is 0 Å². The fourth-order valence-corrected chi connectivity index (χ4v) is 3.59. The number of carbonyl (C=O) groups is 1. The molecule has 3 N–H and O–H groups in total. The summed E-state index contributed by atoms with van der Waals surface area (Å²) in [6.07, 6.45) is 0. The predicted octanol–water partition coefficient (Wildman–Crippen LogP) is 2.86. The highest BCUT2D eigenvalue weighted by Crippen LogP contribution is 2.29. The molecule has 1 amide bonds. The van der Waals surface area contributed by atoms with Crippen LogP contribution in [0.2, 0.25) is 0 Å². The van der Waals surface area contributed by atoms with Gasteiger partial charge >= 0.3 is 0 Å². The zero-order chi connectivity index (χ0) is 16.2. The summed E-state index contributed by atoms with van der Waals surface area (Å²) >= 11 is 6.84. The summed E-state index contributed by atoms with van der Waals surface area (Å²) in [5.74, 6) is -0.0905. The zero-order valence-electron chi connectivity index (χ0n) is 12.6. The van der Waals surface area contributed by atoms with Crippen molar-refractivity contribution in [1.29, 1.82) is 0 Å². The van der Waals surface area contributed by atoms with Crippen LogP contribution in [0.15, 0.2) is 59.1 Å². The molecule has 1 aromatic heterocycles. The number of hydrogen-bond donors (Lipinski definition) is 3. The molecule has 1 aromatic carbocycles. The Kier molecular flexibility index (Phi) is 4.73. The van der Waals surface area contributed by atoms with Gasteiger partial charge in [0.1, 0.15) is 0 Å². The third-order valence-electron chi connectivity index (χ3n) is 3.64. The van der Waals surface area contributed by atoms with Gasteiger partial charge in [0.25, 0.3) is 5.91 Å². The van der Waals surface area contributed by atoms with Crippen molar-refractivity contribution in [1.82, 2.24) is 16.0 Å². The summed E-state index contributed by atoms with van der Waals surface area (Å²) in [7, 11) is 0. The highest BCUT2D eigenvalue weighted by molar-refractivity contribution is 7.80. The fourth-order valence-electron chi connectivity index (χ4n) is 2.54. The van der Waals surface area contributed by atoms with Gasteiger partial charge in [-0.25, -0.2) is 0 Å². The molecule has 2 heterocycles. The second-order valence-electron chi connectivity index (χ2n) is 5.25. The zero-order valence-corrected chi connectivity index (χ0v) is 14.3. The lowest BCUT2D eigenvalue weighted by molar-refractivity contribution is -0.118. The van der Waals surface area contributed by atoms with Crippen LogP contribution in [0.1, 0.15) is 23.4 Å². The number of allylic oxidation sites excluding steroid dienone is 1. The second kappa shape index (κ2) is 6.93. The number of carbonyl (C=O) groups excluding carboxylic acids is 1.